The van der Waals surface area contributed by atoms with Gasteiger partial charge in [-0.05, 0) is 18.2 Å². The van der Waals surface area contributed by atoms with Crippen molar-refractivity contribution >= 4 is 11.6 Å². The molecule has 2 rings (SSSR count). The van der Waals surface area contributed by atoms with E-state index in [0.717, 1.165) is 0 Å². The zero-order valence-corrected chi connectivity index (χ0v) is 9.42. The van der Waals surface area contributed by atoms with E-state index >= 15 is 0 Å². The number of ether oxygens (including phenoxy) is 1. The van der Waals surface area contributed by atoms with Crippen LogP contribution < -0.4 is 4.74 Å². The molecule has 0 N–H and O–H groups in total. The summed E-state index contributed by atoms with van der Waals surface area (Å²) < 4.78 is 31.4. The van der Waals surface area contributed by atoms with Gasteiger partial charge in [0.05, 0.1) is 5.02 Å². The van der Waals surface area contributed by atoms with Crippen LogP contribution in [-0.4, -0.2) is 4.98 Å². The molecule has 0 bridgehead atoms. The van der Waals surface area contributed by atoms with Crippen LogP contribution in [0.2, 0.25) is 5.02 Å². The van der Waals surface area contributed by atoms with Gasteiger partial charge in [0, 0.05) is 11.8 Å². The summed E-state index contributed by atoms with van der Waals surface area (Å²) in [5, 5.41) is -0.0169. The largest absolute Gasteiger partial charge is 0.484 e. The van der Waals surface area contributed by atoms with Crippen LogP contribution in [0, 0.1) is 11.8 Å². The molecule has 2 nitrogen and oxygen atoms in total. The fourth-order valence-electron chi connectivity index (χ4n) is 1.29. The molecule has 1 aromatic heterocycles. The van der Waals surface area contributed by atoms with Gasteiger partial charge in [-0.15, -0.1) is 0 Å². The summed E-state index contributed by atoms with van der Waals surface area (Å²) in [6.45, 7) is -0.0147. The Balaban J connectivity index is 2.13. The molecule has 0 saturated carbocycles. The predicted octanol–water partition coefficient (Wildman–Crippen LogP) is 3.59. The monoisotopic (exact) mass is 255 g/mol. The van der Waals surface area contributed by atoms with Crippen LogP contribution in [0.25, 0.3) is 0 Å². The molecule has 0 aliphatic rings. The van der Waals surface area contributed by atoms with E-state index < -0.39 is 11.8 Å². The van der Waals surface area contributed by atoms with Crippen molar-refractivity contribution in [3.8, 4) is 5.75 Å². The van der Waals surface area contributed by atoms with E-state index in [1.165, 1.54) is 24.4 Å². The molecule has 0 spiro atoms. The third-order valence-corrected chi connectivity index (χ3v) is 2.56. The summed E-state index contributed by atoms with van der Waals surface area (Å²) in [4.78, 5) is 3.43. The lowest BCUT2D eigenvalue weighted by Crippen LogP contribution is -1.99. The highest BCUT2D eigenvalue weighted by molar-refractivity contribution is 6.31. The Hall–Kier alpha value is -1.68. The summed E-state index contributed by atoms with van der Waals surface area (Å²) in [6, 6.07) is 7.36. The molecular formula is C12H8ClF2NO. The minimum atomic E-state index is -0.708. The van der Waals surface area contributed by atoms with Crippen LogP contribution in [0.4, 0.5) is 8.78 Å². The fourth-order valence-corrected chi connectivity index (χ4v) is 1.47. The lowest BCUT2D eigenvalue weighted by atomic mass is 10.2. The first kappa shape index (κ1) is 11.8. The van der Waals surface area contributed by atoms with Crippen molar-refractivity contribution in [3.05, 3.63) is 58.9 Å². The summed E-state index contributed by atoms with van der Waals surface area (Å²) in [6.07, 6.45) is 1.32. The Bertz CT molecular complexity index is 534. The molecule has 0 atom stereocenters. The Morgan fingerprint density at radius 3 is 2.76 bits per heavy atom. The number of aromatic nitrogens is 1. The van der Waals surface area contributed by atoms with Crippen molar-refractivity contribution < 1.29 is 13.5 Å². The van der Waals surface area contributed by atoms with Crippen LogP contribution in [0.1, 0.15) is 5.56 Å². The predicted molar refractivity (Wildman–Crippen MR) is 59.9 cm³/mol. The zero-order valence-electron chi connectivity index (χ0n) is 8.66. The number of pyridine rings is 1. The molecule has 0 radical (unpaired) electrons. The van der Waals surface area contributed by atoms with Crippen molar-refractivity contribution in [1.29, 1.82) is 0 Å². The van der Waals surface area contributed by atoms with Gasteiger partial charge < -0.3 is 4.74 Å². The van der Waals surface area contributed by atoms with Gasteiger partial charge in [0.25, 0.3) is 5.95 Å². The Morgan fingerprint density at radius 1 is 1.18 bits per heavy atom. The highest BCUT2D eigenvalue weighted by atomic mass is 35.5. The molecule has 2 aromatic rings. The normalized spacial score (nSPS) is 10.3. The minimum Gasteiger partial charge on any atom is -0.484 e. The van der Waals surface area contributed by atoms with E-state index in [1.54, 1.807) is 12.1 Å². The smallest absolute Gasteiger partial charge is 0.255 e. The summed E-state index contributed by atoms with van der Waals surface area (Å²) >= 11 is 5.73. The first-order valence-corrected chi connectivity index (χ1v) is 5.22. The summed E-state index contributed by atoms with van der Waals surface area (Å²) in [5.74, 6) is -1.23. The number of benzene rings is 1. The molecule has 0 saturated heterocycles. The maximum atomic E-state index is 13.1. The zero-order chi connectivity index (χ0) is 12.3. The number of hydrogen-bond acceptors (Lipinski definition) is 2. The van der Waals surface area contributed by atoms with Crippen LogP contribution in [0.3, 0.4) is 0 Å². The average molecular weight is 256 g/mol. The molecule has 0 amide bonds. The van der Waals surface area contributed by atoms with E-state index in [2.05, 4.69) is 4.98 Å². The third-order valence-electron chi connectivity index (χ3n) is 2.14. The van der Waals surface area contributed by atoms with Crippen molar-refractivity contribution in [1.82, 2.24) is 4.98 Å². The van der Waals surface area contributed by atoms with Crippen molar-refractivity contribution in [3.63, 3.8) is 0 Å². The van der Waals surface area contributed by atoms with Crippen LogP contribution in [0.5, 0.6) is 5.75 Å². The Morgan fingerprint density at radius 2 is 2.00 bits per heavy atom. The maximum Gasteiger partial charge on any atom is 0.255 e. The van der Waals surface area contributed by atoms with Gasteiger partial charge in [-0.3, -0.25) is 0 Å². The van der Waals surface area contributed by atoms with Crippen molar-refractivity contribution in [2.75, 3.05) is 0 Å². The van der Waals surface area contributed by atoms with Crippen molar-refractivity contribution in [2.24, 2.45) is 0 Å². The van der Waals surface area contributed by atoms with E-state index in [4.69, 9.17) is 16.3 Å². The van der Waals surface area contributed by atoms with Crippen LogP contribution in [0.15, 0.2) is 36.5 Å². The van der Waals surface area contributed by atoms with Gasteiger partial charge in [-0.2, -0.15) is 4.39 Å². The highest BCUT2D eigenvalue weighted by Crippen LogP contribution is 2.22. The third kappa shape index (κ3) is 2.71. The topological polar surface area (TPSA) is 22.1 Å². The Kier molecular flexibility index (Phi) is 3.54. The second kappa shape index (κ2) is 5.10. The molecule has 17 heavy (non-hydrogen) atoms. The molecule has 5 heteroatoms. The number of hydrogen-bond donors (Lipinski definition) is 0. The molecular weight excluding hydrogens is 248 g/mol. The quantitative estimate of drug-likeness (QED) is 0.782. The second-order valence-electron chi connectivity index (χ2n) is 3.29. The molecule has 0 fully saturated rings. The lowest BCUT2D eigenvalue weighted by molar-refractivity contribution is 0.285. The first-order valence-electron chi connectivity index (χ1n) is 4.84. The number of rotatable bonds is 3. The van der Waals surface area contributed by atoms with Gasteiger partial charge in [-0.1, -0.05) is 23.7 Å². The second-order valence-corrected chi connectivity index (χ2v) is 3.67. The average Bonchev–Trinajstić information content (AvgIpc) is 2.33. The summed E-state index contributed by atoms with van der Waals surface area (Å²) in [5.41, 5.74) is 0.454. The van der Waals surface area contributed by atoms with Crippen LogP contribution >= 0.6 is 11.6 Å². The molecule has 0 aliphatic carbocycles. The van der Waals surface area contributed by atoms with E-state index in [9.17, 15) is 8.78 Å². The maximum absolute atomic E-state index is 13.1. The van der Waals surface area contributed by atoms with Gasteiger partial charge in [0.15, 0.2) is 5.75 Å². The minimum absolute atomic E-state index is 0.00725. The first-order chi connectivity index (χ1) is 8.18. The van der Waals surface area contributed by atoms with Gasteiger partial charge in [-0.25, -0.2) is 9.37 Å². The molecule has 1 aromatic carbocycles. The van der Waals surface area contributed by atoms with E-state index in [-0.39, 0.29) is 17.4 Å². The molecule has 0 aliphatic heterocycles. The molecule has 0 unspecified atom stereocenters. The Labute approximate surface area is 102 Å². The summed E-state index contributed by atoms with van der Waals surface area (Å²) in [7, 11) is 0. The molecule has 88 valence electrons. The van der Waals surface area contributed by atoms with E-state index in [1.807, 2.05) is 0 Å². The fraction of sp³-hybridized carbons (Fsp3) is 0.0833. The number of halogens is 3. The number of nitrogens with zero attached hydrogens (tertiary/aromatic N) is 1. The molecule has 1 heterocycles. The lowest BCUT2D eigenvalue weighted by Gasteiger charge is -2.08. The standard InChI is InChI=1S/C12H8ClF2NO/c13-11-8(3-1-4-9(11)14)7-17-10-5-2-6-16-12(10)15/h1-6H,7H2. The van der Waals surface area contributed by atoms with E-state index in [0.29, 0.717) is 5.56 Å². The van der Waals surface area contributed by atoms with Gasteiger partial charge in [0.1, 0.15) is 12.4 Å². The van der Waals surface area contributed by atoms with Gasteiger partial charge in [0.2, 0.25) is 0 Å². The van der Waals surface area contributed by atoms with Crippen LogP contribution in [-0.2, 0) is 6.61 Å². The highest BCUT2D eigenvalue weighted by Gasteiger charge is 2.08. The van der Waals surface area contributed by atoms with Crippen molar-refractivity contribution in [2.45, 2.75) is 6.61 Å². The SMILES string of the molecule is Fc1cccc(COc2cccnc2F)c1Cl. The van der Waals surface area contributed by atoms with Gasteiger partial charge >= 0.3 is 0 Å².